The van der Waals surface area contributed by atoms with Crippen molar-refractivity contribution in [1.82, 2.24) is 25.5 Å². The molecule has 4 N–H and O–H groups in total. The number of aliphatic imine (C=N–C) groups is 1. The number of nitrogens with zero attached hydrogens (tertiary/aromatic N) is 4. The van der Waals surface area contributed by atoms with Gasteiger partial charge in [-0.25, -0.2) is 9.98 Å². The first-order valence-electron chi connectivity index (χ1n) is 8.20. The molecule has 0 amide bonds. The van der Waals surface area contributed by atoms with Crippen molar-refractivity contribution in [3.8, 4) is 11.5 Å². The van der Waals surface area contributed by atoms with Crippen molar-refractivity contribution in [2.24, 2.45) is 10.7 Å². The second kappa shape index (κ2) is 7.71. The normalized spacial score (nSPS) is 17.0. The molecule has 7 nitrogen and oxygen atoms in total. The van der Waals surface area contributed by atoms with Crippen LogP contribution in [0.1, 0.15) is 44.3 Å². The summed E-state index contributed by atoms with van der Waals surface area (Å²) >= 11 is 0. The van der Waals surface area contributed by atoms with Crippen LogP contribution in [0.3, 0.4) is 0 Å². The molecule has 122 valence electrons. The van der Waals surface area contributed by atoms with Crippen molar-refractivity contribution in [1.29, 1.82) is 0 Å². The van der Waals surface area contributed by atoms with Gasteiger partial charge in [0.1, 0.15) is 18.1 Å². The van der Waals surface area contributed by atoms with Crippen LogP contribution in [0, 0.1) is 0 Å². The maximum atomic E-state index is 5.99. The highest BCUT2D eigenvalue weighted by molar-refractivity contribution is 5.78. The van der Waals surface area contributed by atoms with E-state index < -0.39 is 0 Å². The number of aromatic amines is 1. The van der Waals surface area contributed by atoms with Crippen molar-refractivity contribution in [2.45, 2.75) is 51.1 Å². The second-order valence-electron chi connectivity index (χ2n) is 5.85. The number of guanidine groups is 1. The van der Waals surface area contributed by atoms with E-state index in [9.17, 15) is 0 Å². The van der Waals surface area contributed by atoms with E-state index in [0.29, 0.717) is 30.2 Å². The number of hydrogen-bond donors (Lipinski definition) is 3. The van der Waals surface area contributed by atoms with Crippen LogP contribution in [-0.2, 0) is 6.54 Å². The van der Waals surface area contributed by atoms with Gasteiger partial charge in [-0.05, 0) is 25.0 Å². The van der Waals surface area contributed by atoms with Gasteiger partial charge >= 0.3 is 0 Å². The maximum Gasteiger partial charge on any atom is 0.199 e. The topological polar surface area (TPSA) is 105 Å². The Labute approximate surface area is 135 Å². The molecule has 23 heavy (non-hydrogen) atoms. The molecule has 1 fully saturated rings. The molecule has 3 rings (SSSR count). The summed E-state index contributed by atoms with van der Waals surface area (Å²) < 4.78 is 0. The van der Waals surface area contributed by atoms with Crippen LogP contribution in [-0.4, -0.2) is 32.2 Å². The lowest BCUT2D eigenvalue weighted by Gasteiger charge is -2.16. The average Bonchev–Trinajstić information content (AvgIpc) is 2.91. The largest absolute Gasteiger partial charge is 0.370 e. The van der Waals surface area contributed by atoms with Crippen LogP contribution in [0.15, 0.2) is 29.4 Å². The number of aromatic nitrogens is 4. The molecule has 7 heteroatoms. The Bertz CT molecular complexity index is 627. The number of hydrogen-bond acceptors (Lipinski definition) is 4. The number of nitrogens with one attached hydrogen (secondary N) is 2. The van der Waals surface area contributed by atoms with E-state index in [1.165, 1.54) is 38.5 Å². The Hall–Kier alpha value is -2.44. The van der Waals surface area contributed by atoms with Crippen molar-refractivity contribution in [3.05, 3.63) is 30.2 Å². The zero-order valence-corrected chi connectivity index (χ0v) is 13.2. The minimum absolute atomic E-state index is 0.380. The predicted octanol–water partition coefficient (Wildman–Crippen LogP) is 1.99. The van der Waals surface area contributed by atoms with E-state index in [1.54, 1.807) is 6.20 Å². The van der Waals surface area contributed by atoms with E-state index in [1.807, 2.05) is 18.2 Å². The fourth-order valence-electron chi connectivity index (χ4n) is 2.81. The van der Waals surface area contributed by atoms with Crippen molar-refractivity contribution >= 4 is 5.96 Å². The minimum atomic E-state index is 0.380. The zero-order valence-electron chi connectivity index (χ0n) is 13.2. The third kappa shape index (κ3) is 4.51. The lowest BCUT2D eigenvalue weighted by molar-refractivity contribution is 0.530. The van der Waals surface area contributed by atoms with Crippen LogP contribution in [0.5, 0.6) is 0 Å². The zero-order chi connectivity index (χ0) is 15.9. The first kappa shape index (κ1) is 15.5. The number of nitrogens with two attached hydrogens (primary N) is 1. The lowest BCUT2D eigenvalue weighted by Crippen LogP contribution is -2.39. The third-order valence-electron chi connectivity index (χ3n) is 4.03. The molecule has 0 aromatic carbocycles. The molecular weight excluding hydrogens is 290 g/mol. The standard InChI is InChI=1S/C16H23N7/c17-16(20-12-7-3-1-2-4-8-12)19-11-14-21-15(23-22-14)13-9-5-6-10-18-13/h5-6,9-10,12H,1-4,7-8,11H2,(H3,17,19,20)(H,21,22,23). The molecule has 1 saturated carbocycles. The highest BCUT2D eigenvalue weighted by atomic mass is 15.2. The Morgan fingerprint density at radius 1 is 1.26 bits per heavy atom. The summed E-state index contributed by atoms with van der Waals surface area (Å²) in [6, 6.07) is 6.09. The third-order valence-corrected chi connectivity index (χ3v) is 4.03. The van der Waals surface area contributed by atoms with Gasteiger partial charge in [0.15, 0.2) is 11.8 Å². The minimum Gasteiger partial charge on any atom is -0.370 e. The molecule has 0 spiro atoms. The van der Waals surface area contributed by atoms with Gasteiger partial charge in [-0.1, -0.05) is 31.7 Å². The van der Waals surface area contributed by atoms with Crippen LogP contribution in [0.2, 0.25) is 0 Å². The number of H-pyrrole nitrogens is 1. The molecule has 0 bridgehead atoms. The molecular formula is C16H23N7. The van der Waals surface area contributed by atoms with Gasteiger partial charge in [0.2, 0.25) is 0 Å². The molecule has 2 aromatic rings. The Kier molecular flexibility index (Phi) is 5.18. The van der Waals surface area contributed by atoms with Gasteiger partial charge in [-0.3, -0.25) is 10.1 Å². The first-order valence-corrected chi connectivity index (χ1v) is 8.20. The van der Waals surface area contributed by atoms with Gasteiger partial charge in [0.25, 0.3) is 0 Å². The average molecular weight is 313 g/mol. The maximum absolute atomic E-state index is 5.99. The van der Waals surface area contributed by atoms with Gasteiger partial charge in [-0.2, -0.15) is 5.10 Å². The molecule has 2 aromatic heterocycles. The summed E-state index contributed by atoms with van der Waals surface area (Å²) in [5.74, 6) is 1.73. The molecule has 0 aliphatic heterocycles. The quantitative estimate of drug-likeness (QED) is 0.455. The fourth-order valence-corrected chi connectivity index (χ4v) is 2.81. The fraction of sp³-hybridized carbons (Fsp3) is 0.500. The Balaban J connectivity index is 1.55. The molecule has 2 heterocycles. The van der Waals surface area contributed by atoms with Crippen LogP contribution < -0.4 is 11.1 Å². The van der Waals surface area contributed by atoms with E-state index in [0.717, 1.165) is 5.69 Å². The SMILES string of the molecule is NC(=NCc1nc(-c2ccccn2)n[nH]1)NC1CCCCCC1. The summed E-state index contributed by atoms with van der Waals surface area (Å²) in [4.78, 5) is 13.0. The van der Waals surface area contributed by atoms with Gasteiger partial charge < -0.3 is 11.1 Å². The summed E-state index contributed by atoms with van der Waals surface area (Å²) in [5, 5.41) is 10.4. The molecule has 0 unspecified atom stereocenters. The second-order valence-corrected chi connectivity index (χ2v) is 5.85. The smallest absolute Gasteiger partial charge is 0.199 e. The molecule has 0 atom stereocenters. The van der Waals surface area contributed by atoms with Crippen molar-refractivity contribution in [2.75, 3.05) is 0 Å². The molecule has 1 aliphatic carbocycles. The van der Waals surface area contributed by atoms with Gasteiger partial charge in [0.05, 0.1) is 0 Å². The summed E-state index contributed by atoms with van der Waals surface area (Å²) in [6.07, 6.45) is 9.23. The van der Waals surface area contributed by atoms with Gasteiger partial charge in [0, 0.05) is 12.2 Å². The summed E-state index contributed by atoms with van der Waals surface area (Å²) in [7, 11) is 0. The molecule has 0 saturated heterocycles. The van der Waals surface area contributed by atoms with E-state index >= 15 is 0 Å². The highest BCUT2D eigenvalue weighted by Crippen LogP contribution is 2.17. The Morgan fingerprint density at radius 3 is 2.83 bits per heavy atom. The van der Waals surface area contributed by atoms with Crippen LogP contribution in [0.4, 0.5) is 0 Å². The van der Waals surface area contributed by atoms with Crippen molar-refractivity contribution < 1.29 is 0 Å². The monoisotopic (exact) mass is 313 g/mol. The van der Waals surface area contributed by atoms with E-state index in [2.05, 4.69) is 30.5 Å². The molecule has 1 aliphatic rings. The first-order chi connectivity index (χ1) is 11.3. The molecule has 0 radical (unpaired) electrons. The van der Waals surface area contributed by atoms with Crippen LogP contribution in [0.25, 0.3) is 11.5 Å². The van der Waals surface area contributed by atoms with E-state index in [-0.39, 0.29) is 0 Å². The summed E-state index contributed by atoms with van der Waals surface area (Å²) in [5.41, 5.74) is 6.73. The van der Waals surface area contributed by atoms with Crippen molar-refractivity contribution in [3.63, 3.8) is 0 Å². The predicted molar refractivity (Wildman–Crippen MR) is 89.6 cm³/mol. The number of rotatable bonds is 4. The van der Waals surface area contributed by atoms with E-state index in [4.69, 9.17) is 5.73 Å². The Morgan fingerprint density at radius 2 is 2.09 bits per heavy atom. The highest BCUT2D eigenvalue weighted by Gasteiger charge is 2.12. The number of pyridine rings is 1. The van der Waals surface area contributed by atoms with Gasteiger partial charge in [-0.15, -0.1) is 0 Å². The summed E-state index contributed by atoms with van der Waals surface area (Å²) in [6.45, 7) is 0.380. The lowest BCUT2D eigenvalue weighted by atomic mass is 10.1. The van der Waals surface area contributed by atoms with Crippen LogP contribution >= 0.6 is 0 Å².